The highest BCUT2D eigenvalue weighted by atomic mass is 28.4. The topological polar surface area (TPSA) is 30.5 Å². The van der Waals surface area contributed by atoms with Crippen molar-refractivity contribution in [3.63, 3.8) is 0 Å². The van der Waals surface area contributed by atoms with E-state index in [0.29, 0.717) is 5.54 Å². The van der Waals surface area contributed by atoms with Gasteiger partial charge >= 0.3 is 8.72 Å². The lowest BCUT2D eigenvalue weighted by Crippen LogP contribution is -2.58. The smallest absolute Gasteiger partial charge is 0.386 e. The van der Waals surface area contributed by atoms with Gasteiger partial charge in [0.2, 0.25) is 0 Å². The van der Waals surface area contributed by atoms with Crippen LogP contribution in [0.1, 0.15) is 32.6 Å². The first-order chi connectivity index (χ1) is 6.29. The Morgan fingerprint density at radius 2 is 1.77 bits per heavy atom. The first kappa shape index (κ1) is 11.2. The van der Waals surface area contributed by atoms with Crippen LogP contribution in [0.2, 0.25) is 5.54 Å². The predicted molar refractivity (Wildman–Crippen MR) is 55.7 cm³/mol. The first-order valence-electron chi connectivity index (χ1n) is 5.14. The van der Waals surface area contributed by atoms with Gasteiger partial charge in [-0.3, -0.25) is 4.98 Å². The maximum atomic E-state index is 5.62. The Morgan fingerprint density at radius 3 is 2.15 bits per heavy atom. The van der Waals surface area contributed by atoms with Crippen molar-refractivity contribution in [2.24, 2.45) is 0 Å². The van der Waals surface area contributed by atoms with E-state index in [1.807, 2.05) is 0 Å². The molecule has 1 rings (SSSR count). The van der Waals surface area contributed by atoms with Gasteiger partial charge in [-0.15, -0.1) is 0 Å². The fourth-order valence-electron chi connectivity index (χ4n) is 2.26. The van der Waals surface area contributed by atoms with Gasteiger partial charge in [0, 0.05) is 19.8 Å². The molecule has 0 unspecified atom stereocenters. The molecule has 0 aromatic heterocycles. The summed E-state index contributed by atoms with van der Waals surface area (Å²) in [6, 6.07) is 0. The summed E-state index contributed by atoms with van der Waals surface area (Å²) >= 11 is 0. The number of rotatable bonds is 5. The van der Waals surface area contributed by atoms with E-state index in [2.05, 4.69) is 11.9 Å². The van der Waals surface area contributed by atoms with Crippen molar-refractivity contribution >= 4 is 8.72 Å². The second-order valence-corrected chi connectivity index (χ2v) is 6.91. The minimum absolute atomic E-state index is 0.641. The van der Waals surface area contributed by atoms with Crippen molar-refractivity contribution in [1.82, 2.24) is 4.98 Å². The van der Waals surface area contributed by atoms with E-state index in [-0.39, 0.29) is 0 Å². The summed E-state index contributed by atoms with van der Waals surface area (Å²) in [5.74, 6) is 0. The number of nitrogens with one attached hydrogen (secondary N) is 1. The van der Waals surface area contributed by atoms with E-state index in [9.17, 15) is 0 Å². The summed E-state index contributed by atoms with van der Waals surface area (Å²) in [4.78, 5) is 3.43. The largest absolute Gasteiger partial charge is 0.427 e. The molecule has 0 bridgehead atoms. The molecule has 0 amide bonds. The molecule has 0 saturated heterocycles. The van der Waals surface area contributed by atoms with Crippen LogP contribution in [0.15, 0.2) is 0 Å². The molecule has 0 aromatic carbocycles. The monoisotopic (exact) mass is 203 g/mol. The average Bonchev–Trinajstić information content (AvgIpc) is 2.68. The fourth-order valence-corrected chi connectivity index (χ4v) is 5.33. The van der Waals surface area contributed by atoms with Crippen molar-refractivity contribution in [1.29, 1.82) is 0 Å². The summed E-state index contributed by atoms with van der Waals surface area (Å²) in [6.07, 6.45) is 5.19. The zero-order chi connectivity index (χ0) is 9.73. The molecule has 0 heterocycles. The van der Waals surface area contributed by atoms with Crippen molar-refractivity contribution in [3.05, 3.63) is 0 Å². The zero-order valence-corrected chi connectivity index (χ0v) is 9.93. The Kier molecular flexibility index (Phi) is 4.38. The van der Waals surface area contributed by atoms with Crippen molar-refractivity contribution in [2.45, 2.75) is 38.1 Å². The molecule has 0 atom stereocenters. The molecule has 0 aromatic rings. The molecule has 1 fully saturated rings. The van der Waals surface area contributed by atoms with Gasteiger partial charge in [0.05, 0.1) is 0 Å². The average molecular weight is 203 g/mol. The zero-order valence-electron chi connectivity index (χ0n) is 8.93. The van der Waals surface area contributed by atoms with Crippen LogP contribution >= 0.6 is 0 Å². The molecule has 78 valence electrons. The highest BCUT2D eigenvalue weighted by Gasteiger charge is 2.45. The standard InChI is InChI=1S/C9H21NO2Si/c1-4-10-13(11-2,12-3)9-7-5-6-8-9/h9-10H,4-8H2,1-3H3. The lowest BCUT2D eigenvalue weighted by atomic mass is 10.4. The molecule has 1 saturated carbocycles. The van der Waals surface area contributed by atoms with Crippen LogP contribution in [-0.4, -0.2) is 29.5 Å². The van der Waals surface area contributed by atoms with Crippen molar-refractivity contribution < 1.29 is 8.85 Å². The molecule has 0 radical (unpaired) electrons. The summed E-state index contributed by atoms with van der Waals surface area (Å²) in [5, 5.41) is 0. The minimum Gasteiger partial charge on any atom is -0.386 e. The minimum atomic E-state index is -2.06. The van der Waals surface area contributed by atoms with Gasteiger partial charge < -0.3 is 8.85 Å². The van der Waals surface area contributed by atoms with E-state index in [1.54, 1.807) is 14.2 Å². The Balaban J connectivity index is 2.62. The Labute approximate surface area is 82.1 Å². The lowest BCUT2D eigenvalue weighted by Gasteiger charge is -2.32. The van der Waals surface area contributed by atoms with Crippen molar-refractivity contribution in [2.75, 3.05) is 20.8 Å². The van der Waals surface area contributed by atoms with Crippen LogP contribution in [0.5, 0.6) is 0 Å². The second kappa shape index (κ2) is 5.10. The van der Waals surface area contributed by atoms with Crippen LogP contribution < -0.4 is 4.98 Å². The van der Waals surface area contributed by atoms with Crippen LogP contribution in [0, 0.1) is 0 Å². The third kappa shape index (κ3) is 2.31. The van der Waals surface area contributed by atoms with Gasteiger partial charge in [0.1, 0.15) is 0 Å². The van der Waals surface area contributed by atoms with E-state index < -0.39 is 8.72 Å². The second-order valence-electron chi connectivity index (χ2n) is 3.59. The molecule has 13 heavy (non-hydrogen) atoms. The van der Waals surface area contributed by atoms with E-state index in [1.165, 1.54) is 25.7 Å². The fraction of sp³-hybridized carbons (Fsp3) is 1.00. The SMILES string of the molecule is CCN[Si](OC)(OC)C1CCCC1. The summed E-state index contributed by atoms with van der Waals surface area (Å²) < 4.78 is 11.2. The van der Waals surface area contributed by atoms with Gasteiger partial charge in [-0.1, -0.05) is 19.8 Å². The third-order valence-electron chi connectivity index (χ3n) is 2.92. The summed E-state index contributed by atoms with van der Waals surface area (Å²) in [6.45, 7) is 3.04. The van der Waals surface area contributed by atoms with Gasteiger partial charge in [0.25, 0.3) is 0 Å². The molecule has 3 nitrogen and oxygen atoms in total. The number of hydrogen-bond donors (Lipinski definition) is 1. The van der Waals surface area contributed by atoms with E-state index in [0.717, 1.165) is 6.54 Å². The van der Waals surface area contributed by atoms with Crippen LogP contribution in [0.25, 0.3) is 0 Å². The van der Waals surface area contributed by atoms with Gasteiger partial charge in [-0.25, -0.2) is 0 Å². The maximum absolute atomic E-state index is 5.62. The molecular weight excluding hydrogens is 182 g/mol. The molecule has 1 aliphatic carbocycles. The highest BCUT2D eigenvalue weighted by molar-refractivity contribution is 6.66. The molecule has 4 heteroatoms. The molecule has 1 aliphatic rings. The molecule has 1 N–H and O–H groups in total. The third-order valence-corrected chi connectivity index (χ3v) is 6.63. The molecule has 0 spiro atoms. The van der Waals surface area contributed by atoms with E-state index >= 15 is 0 Å². The highest BCUT2D eigenvalue weighted by Crippen LogP contribution is 2.37. The van der Waals surface area contributed by atoms with Crippen LogP contribution in [-0.2, 0) is 8.85 Å². The van der Waals surface area contributed by atoms with Crippen LogP contribution in [0.4, 0.5) is 0 Å². The van der Waals surface area contributed by atoms with Gasteiger partial charge in [-0.2, -0.15) is 0 Å². The molecule has 0 aliphatic heterocycles. The normalized spacial score (nSPS) is 19.6. The Bertz CT molecular complexity index is 145. The summed E-state index contributed by atoms with van der Waals surface area (Å²) in [7, 11) is 1.49. The van der Waals surface area contributed by atoms with Gasteiger partial charge in [0.15, 0.2) is 0 Å². The Morgan fingerprint density at radius 1 is 1.23 bits per heavy atom. The summed E-state index contributed by atoms with van der Waals surface area (Å²) in [5.41, 5.74) is 0.641. The number of hydrogen-bond acceptors (Lipinski definition) is 3. The maximum Gasteiger partial charge on any atom is 0.427 e. The first-order valence-corrected chi connectivity index (χ1v) is 7.03. The van der Waals surface area contributed by atoms with Gasteiger partial charge in [-0.05, 0) is 19.4 Å². The van der Waals surface area contributed by atoms with Crippen LogP contribution in [0.3, 0.4) is 0 Å². The quantitative estimate of drug-likeness (QED) is 0.691. The predicted octanol–water partition coefficient (Wildman–Crippen LogP) is 1.77. The van der Waals surface area contributed by atoms with E-state index in [4.69, 9.17) is 8.85 Å². The van der Waals surface area contributed by atoms with Crippen molar-refractivity contribution in [3.8, 4) is 0 Å². The lowest BCUT2D eigenvalue weighted by molar-refractivity contribution is 0.215. The molecular formula is C9H21NO2Si. The Hall–Kier alpha value is 0.0969.